The standard InChI is InChI=1S/C13H23NO5/c1-8(2)12(16)10(14)5-6-11(15)18-7-19-13(17)9(3)4/h8-10H,5-7,14H2,1-4H3. The predicted octanol–water partition coefficient (Wildman–Crippen LogP) is 1.02. The predicted molar refractivity (Wildman–Crippen MR) is 68.9 cm³/mol. The maximum absolute atomic E-state index is 11.5. The maximum atomic E-state index is 11.5. The minimum atomic E-state index is -0.661. The van der Waals surface area contributed by atoms with E-state index < -0.39 is 24.8 Å². The van der Waals surface area contributed by atoms with Crippen LogP contribution in [0.1, 0.15) is 40.5 Å². The van der Waals surface area contributed by atoms with E-state index in [4.69, 9.17) is 10.5 Å². The molecule has 6 nitrogen and oxygen atoms in total. The number of ketones is 1. The number of hydrogen-bond acceptors (Lipinski definition) is 6. The SMILES string of the molecule is CC(C)C(=O)OCOC(=O)CCC(N)C(=O)C(C)C. The third-order valence-corrected chi connectivity index (χ3v) is 2.49. The molecule has 0 fully saturated rings. The van der Waals surface area contributed by atoms with Gasteiger partial charge in [0.25, 0.3) is 0 Å². The monoisotopic (exact) mass is 273 g/mol. The van der Waals surface area contributed by atoms with Crippen molar-refractivity contribution >= 4 is 17.7 Å². The largest absolute Gasteiger partial charge is 0.428 e. The van der Waals surface area contributed by atoms with Gasteiger partial charge in [0.15, 0.2) is 5.78 Å². The van der Waals surface area contributed by atoms with Gasteiger partial charge in [-0.05, 0) is 6.42 Å². The van der Waals surface area contributed by atoms with Crippen LogP contribution in [0.2, 0.25) is 0 Å². The lowest BCUT2D eigenvalue weighted by atomic mass is 9.99. The molecule has 19 heavy (non-hydrogen) atoms. The number of carbonyl (C=O) groups is 3. The first kappa shape index (κ1) is 17.6. The van der Waals surface area contributed by atoms with Gasteiger partial charge in [-0.15, -0.1) is 0 Å². The van der Waals surface area contributed by atoms with Crippen molar-refractivity contribution in [3.8, 4) is 0 Å². The lowest BCUT2D eigenvalue weighted by molar-refractivity contribution is -0.169. The van der Waals surface area contributed by atoms with Gasteiger partial charge in [-0.25, -0.2) is 0 Å². The number of rotatable bonds is 8. The van der Waals surface area contributed by atoms with Gasteiger partial charge in [-0.1, -0.05) is 27.7 Å². The summed E-state index contributed by atoms with van der Waals surface area (Å²) >= 11 is 0. The van der Waals surface area contributed by atoms with Crippen molar-refractivity contribution in [1.82, 2.24) is 0 Å². The molecule has 6 heteroatoms. The molecule has 0 rings (SSSR count). The zero-order chi connectivity index (χ0) is 15.0. The average Bonchev–Trinajstić information content (AvgIpc) is 2.34. The third-order valence-electron chi connectivity index (χ3n) is 2.49. The number of nitrogens with two attached hydrogens (primary N) is 1. The summed E-state index contributed by atoms with van der Waals surface area (Å²) in [7, 11) is 0. The molecule has 0 aromatic heterocycles. The Kier molecular flexibility index (Phi) is 7.98. The molecule has 0 aliphatic rings. The molecule has 0 saturated carbocycles. The van der Waals surface area contributed by atoms with Crippen molar-refractivity contribution in [1.29, 1.82) is 0 Å². The van der Waals surface area contributed by atoms with Crippen LogP contribution in [0, 0.1) is 11.8 Å². The molecule has 0 aliphatic carbocycles. The highest BCUT2D eigenvalue weighted by atomic mass is 16.7. The van der Waals surface area contributed by atoms with Crippen LogP contribution in [0.4, 0.5) is 0 Å². The van der Waals surface area contributed by atoms with Gasteiger partial charge in [0, 0.05) is 12.3 Å². The van der Waals surface area contributed by atoms with E-state index in [9.17, 15) is 14.4 Å². The molecule has 0 aliphatic heterocycles. The van der Waals surface area contributed by atoms with Gasteiger partial charge in [0.2, 0.25) is 6.79 Å². The molecular formula is C13H23NO5. The Bertz CT molecular complexity index is 325. The molecule has 0 radical (unpaired) electrons. The highest BCUT2D eigenvalue weighted by Crippen LogP contribution is 2.05. The van der Waals surface area contributed by atoms with E-state index in [0.717, 1.165) is 0 Å². The Morgan fingerprint density at radius 1 is 1.00 bits per heavy atom. The first-order valence-corrected chi connectivity index (χ1v) is 6.37. The molecule has 1 atom stereocenters. The van der Waals surface area contributed by atoms with Crippen LogP contribution in [0.15, 0.2) is 0 Å². The number of ether oxygens (including phenoxy) is 2. The summed E-state index contributed by atoms with van der Waals surface area (Å²) in [5.41, 5.74) is 5.64. The van der Waals surface area contributed by atoms with Crippen molar-refractivity contribution in [2.45, 2.75) is 46.6 Å². The number of hydrogen-bond donors (Lipinski definition) is 1. The molecule has 0 amide bonds. The van der Waals surface area contributed by atoms with Crippen LogP contribution < -0.4 is 5.73 Å². The van der Waals surface area contributed by atoms with Gasteiger partial charge in [-0.2, -0.15) is 0 Å². The third kappa shape index (κ3) is 7.56. The van der Waals surface area contributed by atoms with Crippen molar-refractivity contribution in [2.24, 2.45) is 17.6 Å². The Hall–Kier alpha value is -1.43. The fourth-order valence-corrected chi connectivity index (χ4v) is 1.24. The van der Waals surface area contributed by atoms with E-state index in [0.29, 0.717) is 0 Å². The fourth-order valence-electron chi connectivity index (χ4n) is 1.24. The van der Waals surface area contributed by atoms with Gasteiger partial charge >= 0.3 is 11.9 Å². The average molecular weight is 273 g/mol. The summed E-state index contributed by atoms with van der Waals surface area (Å²) in [4.78, 5) is 33.9. The van der Waals surface area contributed by atoms with E-state index in [1.165, 1.54) is 0 Å². The van der Waals surface area contributed by atoms with Crippen LogP contribution >= 0.6 is 0 Å². The zero-order valence-corrected chi connectivity index (χ0v) is 12.0. The van der Waals surface area contributed by atoms with Gasteiger partial charge in [-0.3, -0.25) is 14.4 Å². The molecule has 0 saturated heterocycles. The topological polar surface area (TPSA) is 95.7 Å². The molecular weight excluding hydrogens is 250 g/mol. The van der Waals surface area contributed by atoms with Crippen LogP contribution in [0.5, 0.6) is 0 Å². The summed E-state index contributed by atoms with van der Waals surface area (Å²) in [6.07, 6.45) is 0.257. The second-order valence-electron chi connectivity index (χ2n) is 4.95. The van der Waals surface area contributed by atoms with E-state index in [-0.39, 0.29) is 30.5 Å². The van der Waals surface area contributed by atoms with Crippen molar-refractivity contribution in [2.75, 3.05) is 6.79 Å². The molecule has 0 bridgehead atoms. The zero-order valence-electron chi connectivity index (χ0n) is 12.0. The van der Waals surface area contributed by atoms with Crippen molar-refractivity contribution < 1.29 is 23.9 Å². The number of carbonyl (C=O) groups excluding carboxylic acids is 3. The van der Waals surface area contributed by atoms with E-state index >= 15 is 0 Å². The lowest BCUT2D eigenvalue weighted by Gasteiger charge is -2.12. The Morgan fingerprint density at radius 2 is 1.58 bits per heavy atom. The lowest BCUT2D eigenvalue weighted by Crippen LogP contribution is -2.34. The fraction of sp³-hybridized carbons (Fsp3) is 0.769. The molecule has 0 heterocycles. The first-order chi connectivity index (χ1) is 8.75. The normalized spacial score (nSPS) is 12.4. The van der Waals surface area contributed by atoms with Gasteiger partial charge in [0.05, 0.1) is 12.0 Å². The maximum Gasteiger partial charge on any atom is 0.311 e. The van der Waals surface area contributed by atoms with E-state index in [1.807, 2.05) is 0 Å². The first-order valence-electron chi connectivity index (χ1n) is 6.37. The highest BCUT2D eigenvalue weighted by molar-refractivity contribution is 5.86. The Labute approximate surface area is 113 Å². The van der Waals surface area contributed by atoms with Crippen molar-refractivity contribution in [3.05, 3.63) is 0 Å². The van der Waals surface area contributed by atoms with Gasteiger partial charge < -0.3 is 15.2 Å². The van der Waals surface area contributed by atoms with Crippen LogP contribution in [-0.2, 0) is 23.9 Å². The summed E-state index contributed by atoms with van der Waals surface area (Å²) < 4.78 is 9.39. The van der Waals surface area contributed by atoms with Crippen LogP contribution in [-0.4, -0.2) is 30.6 Å². The Morgan fingerprint density at radius 3 is 2.05 bits per heavy atom. The van der Waals surface area contributed by atoms with E-state index in [1.54, 1.807) is 27.7 Å². The quantitative estimate of drug-likeness (QED) is 0.524. The molecule has 0 spiro atoms. The van der Waals surface area contributed by atoms with Gasteiger partial charge in [0.1, 0.15) is 0 Å². The number of Topliss-reactive ketones (excluding diaryl/α,β-unsaturated/α-hetero) is 1. The smallest absolute Gasteiger partial charge is 0.311 e. The molecule has 2 N–H and O–H groups in total. The Balaban J connectivity index is 3.82. The minimum Gasteiger partial charge on any atom is -0.428 e. The molecule has 110 valence electrons. The van der Waals surface area contributed by atoms with Crippen molar-refractivity contribution in [3.63, 3.8) is 0 Å². The molecule has 0 aromatic rings. The summed E-state index contributed by atoms with van der Waals surface area (Å²) in [6, 6.07) is -0.661. The second-order valence-corrected chi connectivity index (χ2v) is 4.95. The summed E-state index contributed by atoms with van der Waals surface area (Å²) in [5, 5.41) is 0. The second kappa shape index (κ2) is 8.63. The van der Waals surface area contributed by atoms with Crippen LogP contribution in [0.3, 0.4) is 0 Å². The highest BCUT2D eigenvalue weighted by Gasteiger charge is 2.18. The summed E-state index contributed by atoms with van der Waals surface area (Å²) in [6.45, 7) is 6.47. The van der Waals surface area contributed by atoms with E-state index in [2.05, 4.69) is 4.74 Å². The molecule has 1 unspecified atom stereocenters. The summed E-state index contributed by atoms with van der Waals surface area (Å²) in [5.74, 6) is -1.48. The number of esters is 2. The minimum absolute atomic E-state index is 0.0266. The molecule has 0 aromatic carbocycles. The van der Waals surface area contributed by atoms with Crippen LogP contribution in [0.25, 0.3) is 0 Å².